The van der Waals surface area contributed by atoms with Crippen LogP contribution in [0.4, 0.5) is 10.5 Å². The molecular weight excluding hydrogens is 384 g/mol. The van der Waals surface area contributed by atoms with E-state index in [0.29, 0.717) is 32.8 Å². The van der Waals surface area contributed by atoms with E-state index in [0.717, 1.165) is 36.3 Å². The molecule has 30 heavy (non-hydrogen) atoms. The molecule has 2 aliphatic rings. The minimum absolute atomic E-state index is 0.0416. The van der Waals surface area contributed by atoms with Gasteiger partial charge in [0.1, 0.15) is 24.6 Å². The van der Waals surface area contributed by atoms with Crippen LogP contribution in [0.2, 0.25) is 0 Å². The molecule has 7 heteroatoms. The molecule has 2 amide bonds. The molecule has 1 aromatic carbocycles. The third kappa shape index (κ3) is 4.89. The Hall–Kier alpha value is -2.28. The van der Waals surface area contributed by atoms with Crippen molar-refractivity contribution in [2.45, 2.75) is 59.5 Å². The van der Waals surface area contributed by atoms with Gasteiger partial charge in [-0.25, -0.2) is 4.79 Å². The number of carbonyl (C=O) groups excluding carboxylic acids is 2. The molecule has 0 N–H and O–H groups in total. The number of fused-ring (bicyclic) bond motifs is 2. The summed E-state index contributed by atoms with van der Waals surface area (Å²) < 4.78 is 16.9. The van der Waals surface area contributed by atoms with Gasteiger partial charge < -0.3 is 24.0 Å². The number of benzene rings is 1. The zero-order valence-corrected chi connectivity index (χ0v) is 18.9. The summed E-state index contributed by atoms with van der Waals surface area (Å²) in [6.07, 6.45) is 1.99. The molecule has 0 aromatic heterocycles. The smallest absolute Gasteiger partial charge is 0.410 e. The molecule has 2 aliphatic heterocycles. The van der Waals surface area contributed by atoms with E-state index >= 15 is 0 Å². The Balaban J connectivity index is 1.90. The van der Waals surface area contributed by atoms with Gasteiger partial charge in [0.25, 0.3) is 5.91 Å². The highest BCUT2D eigenvalue weighted by atomic mass is 16.6. The highest BCUT2D eigenvalue weighted by Crippen LogP contribution is 2.40. The minimum Gasteiger partial charge on any atom is -0.490 e. The summed E-state index contributed by atoms with van der Waals surface area (Å²) in [5, 5.41) is 0. The van der Waals surface area contributed by atoms with Gasteiger partial charge in [-0.05, 0) is 69.7 Å². The van der Waals surface area contributed by atoms with Crippen LogP contribution < -0.4 is 9.64 Å². The van der Waals surface area contributed by atoms with E-state index < -0.39 is 5.60 Å². The molecule has 0 bridgehead atoms. The van der Waals surface area contributed by atoms with Crippen LogP contribution in [0.15, 0.2) is 6.07 Å². The predicted octanol–water partition coefficient (Wildman–Crippen LogP) is 3.35. The van der Waals surface area contributed by atoms with Crippen LogP contribution in [0.5, 0.6) is 5.75 Å². The fourth-order valence-electron chi connectivity index (χ4n) is 4.12. The second kappa shape index (κ2) is 9.25. The molecule has 0 saturated carbocycles. The molecule has 0 atom stereocenters. The van der Waals surface area contributed by atoms with Crippen LogP contribution in [-0.4, -0.2) is 62.0 Å². The van der Waals surface area contributed by atoms with Crippen molar-refractivity contribution in [2.75, 3.05) is 44.4 Å². The molecule has 0 aliphatic carbocycles. The van der Waals surface area contributed by atoms with Crippen molar-refractivity contribution in [3.63, 3.8) is 0 Å². The van der Waals surface area contributed by atoms with Crippen LogP contribution >= 0.6 is 0 Å². The lowest BCUT2D eigenvalue weighted by molar-refractivity contribution is -0.123. The molecule has 0 unspecified atom stereocenters. The van der Waals surface area contributed by atoms with Gasteiger partial charge in [-0.15, -0.1) is 0 Å². The maximum atomic E-state index is 12.8. The van der Waals surface area contributed by atoms with Crippen molar-refractivity contribution in [3.8, 4) is 5.75 Å². The first-order valence-electron chi connectivity index (χ1n) is 10.9. The van der Waals surface area contributed by atoms with Gasteiger partial charge in [0.05, 0.1) is 12.2 Å². The molecular formula is C23H34N2O5. The van der Waals surface area contributed by atoms with Crippen molar-refractivity contribution < 1.29 is 23.8 Å². The lowest BCUT2D eigenvalue weighted by atomic mass is 9.92. The van der Waals surface area contributed by atoms with E-state index in [-0.39, 0.29) is 18.6 Å². The normalized spacial score (nSPS) is 16.3. The van der Waals surface area contributed by atoms with Crippen molar-refractivity contribution in [1.29, 1.82) is 0 Å². The average molecular weight is 419 g/mol. The van der Waals surface area contributed by atoms with Gasteiger partial charge >= 0.3 is 6.09 Å². The predicted molar refractivity (Wildman–Crippen MR) is 115 cm³/mol. The monoisotopic (exact) mass is 418 g/mol. The van der Waals surface area contributed by atoms with Gasteiger partial charge in [-0.1, -0.05) is 6.92 Å². The fraction of sp³-hybridized carbons (Fsp3) is 0.652. The first-order chi connectivity index (χ1) is 14.2. The van der Waals surface area contributed by atoms with E-state index in [4.69, 9.17) is 14.2 Å². The molecule has 0 spiro atoms. The highest BCUT2D eigenvalue weighted by molar-refractivity contribution is 5.97. The molecule has 0 fully saturated rings. The second-order valence-corrected chi connectivity index (χ2v) is 8.69. The number of rotatable bonds is 4. The van der Waals surface area contributed by atoms with E-state index in [1.54, 1.807) is 4.90 Å². The summed E-state index contributed by atoms with van der Waals surface area (Å²) in [5.74, 6) is 0.715. The summed E-state index contributed by atoms with van der Waals surface area (Å²) >= 11 is 0. The largest absolute Gasteiger partial charge is 0.490 e. The standard InChI is InChI=1S/C23H34N2O5/c1-6-17-18-9-11-24(22(27)30-23(3,4)5)10-8-16(18)14-19-21(17)25(12-13-29-19)20(26)15-28-7-2/h14H,6-13,15H2,1-5H3. The molecule has 1 aromatic rings. The van der Waals surface area contributed by atoms with Gasteiger partial charge in [-0.2, -0.15) is 0 Å². The SMILES string of the molecule is CCOCC(=O)N1CCOc2cc3c(c(CC)c21)CCN(C(=O)OC(C)(C)C)CC3. The minimum atomic E-state index is -0.515. The number of nitrogens with zero attached hydrogens (tertiary/aromatic N) is 2. The van der Waals surface area contributed by atoms with Crippen LogP contribution in [0.1, 0.15) is 51.3 Å². The molecule has 3 rings (SSSR count). The van der Waals surface area contributed by atoms with Gasteiger partial charge in [-0.3, -0.25) is 4.79 Å². The molecule has 7 nitrogen and oxygen atoms in total. The fourth-order valence-corrected chi connectivity index (χ4v) is 4.12. The zero-order valence-electron chi connectivity index (χ0n) is 18.9. The Morgan fingerprint density at radius 1 is 1.13 bits per heavy atom. The maximum absolute atomic E-state index is 12.8. The van der Waals surface area contributed by atoms with E-state index in [9.17, 15) is 9.59 Å². The number of amides is 2. The Labute approximate surface area is 179 Å². The van der Waals surface area contributed by atoms with Crippen molar-refractivity contribution in [3.05, 3.63) is 22.8 Å². The first kappa shape index (κ1) is 22.4. The second-order valence-electron chi connectivity index (χ2n) is 8.69. The first-order valence-corrected chi connectivity index (χ1v) is 10.9. The number of carbonyl (C=O) groups is 2. The molecule has 166 valence electrons. The average Bonchev–Trinajstić information content (AvgIpc) is 2.91. The lowest BCUT2D eigenvalue weighted by Crippen LogP contribution is -2.41. The summed E-state index contributed by atoms with van der Waals surface area (Å²) in [6.45, 7) is 12.4. The Kier molecular flexibility index (Phi) is 6.91. The van der Waals surface area contributed by atoms with Crippen LogP contribution in [0, 0.1) is 0 Å². The Morgan fingerprint density at radius 3 is 2.53 bits per heavy atom. The number of anilines is 1. The van der Waals surface area contributed by atoms with Crippen molar-refractivity contribution in [2.24, 2.45) is 0 Å². The number of ether oxygens (including phenoxy) is 3. The summed E-state index contributed by atoms with van der Waals surface area (Å²) in [6, 6.07) is 2.06. The summed E-state index contributed by atoms with van der Waals surface area (Å²) in [5.41, 5.74) is 3.91. The lowest BCUT2D eigenvalue weighted by Gasteiger charge is -2.33. The number of hydrogen-bond acceptors (Lipinski definition) is 5. The van der Waals surface area contributed by atoms with Gasteiger partial charge in [0.2, 0.25) is 0 Å². The maximum Gasteiger partial charge on any atom is 0.410 e. The third-order valence-corrected chi connectivity index (χ3v) is 5.44. The van der Waals surface area contributed by atoms with Crippen molar-refractivity contribution in [1.82, 2.24) is 4.90 Å². The van der Waals surface area contributed by atoms with Crippen LogP contribution in [-0.2, 0) is 33.5 Å². The van der Waals surface area contributed by atoms with Crippen molar-refractivity contribution >= 4 is 17.7 Å². The van der Waals surface area contributed by atoms with Crippen LogP contribution in [0.3, 0.4) is 0 Å². The van der Waals surface area contributed by atoms with Crippen LogP contribution in [0.25, 0.3) is 0 Å². The van der Waals surface area contributed by atoms with Gasteiger partial charge in [0.15, 0.2) is 0 Å². The Bertz CT molecular complexity index is 800. The quantitative estimate of drug-likeness (QED) is 0.750. The van der Waals surface area contributed by atoms with E-state index in [1.165, 1.54) is 11.1 Å². The van der Waals surface area contributed by atoms with Gasteiger partial charge in [0, 0.05) is 19.7 Å². The summed E-state index contributed by atoms with van der Waals surface area (Å²) in [4.78, 5) is 28.9. The molecule has 0 radical (unpaired) electrons. The number of hydrogen-bond donors (Lipinski definition) is 0. The third-order valence-electron chi connectivity index (χ3n) is 5.44. The topological polar surface area (TPSA) is 68.3 Å². The Morgan fingerprint density at radius 2 is 1.87 bits per heavy atom. The highest BCUT2D eigenvalue weighted by Gasteiger charge is 2.31. The van der Waals surface area contributed by atoms with E-state index in [1.807, 2.05) is 32.6 Å². The summed E-state index contributed by atoms with van der Waals surface area (Å²) in [7, 11) is 0. The molecule has 2 heterocycles. The molecule has 0 saturated heterocycles. The van der Waals surface area contributed by atoms with E-state index in [2.05, 4.69) is 13.0 Å². The zero-order chi connectivity index (χ0) is 21.9.